The number of nitrogens with one attached hydrogen (secondary N) is 1. The average Bonchev–Trinajstić information content (AvgIpc) is 2.70. The van der Waals surface area contributed by atoms with Gasteiger partial charge in [0.1, 0.15) is 0 Å². The van der Waals surface area contributed by atoms with Crippen molar-refractivity contribution < 1.29 is 17.9 Å². The number of alkyl halides is 1. The summed E-state index contributed by atoms with van der Waals surface area (Å²) in [6, 6.07) is 6.23. The van der Waals surface area contributed by atoms with Gasteiger partial charge >= 0.3 is 0 Å². The van der Waals surface area contributed by atoms with Gasteiger partial charge in [-0.05, 0) is 75.1 Å². The second kappa shape index (κ2) is 13.4. The van der Waals surface area contributed by atoms with Crippen molar-refractivity contribution in [1.29, 1.82) is 0 Å². The molecule has 1 aliphatic rings. The third-order valence-electron chi connectivity index (χ3n) is 4.87. The smallest absolute Gasteiger partial charge is 0.240 e. The molecule has 0 bridgehead atoms. The molecule has 0 spiro atoms. The highest BCUT2D eigenvalue weighted by Crippen LogP contribution is 2.19. The van der Waals surface area contributed by atoms with E-state index in [0.717, 1.165) is 62.6 Å². The first-order chi connectivity index (χ1) is 13.5. The molecule has 1 aromatic rings. The van der Waals surface area contributed by atoms with Gasteiger partial charge in [0.15, 0.2) is 6.29 Å². The Balaban J connectivity index is 1.56. The molecule has 1 aliphatic heterocycles. The lowest BCUT2D eigenvalue weighted by Crippen LogP contribution is -2.24. The minimum atomic E-state index is -3.45. The highest BCUT2D eigenvalue weighted by atomic mass is 127. The van der Waals surface area contributed by atoms with Gasteiger partial charge in [0, 0.05) is 29.2 Å². The zero-order valence-corrected chi connectivity index (χ0v) is 20.0. The molecule has 2 unspecified atom stereocenters. The molecule has 2 atom stereocenters. The van der Waals surface area contributed by atoms with Gasteiger partial charge in [0.25, 0.3) is 0 Å². The fourth-order valence-electron chi connectivity index (χ4n) is 3.19. The highest BCUT2D eigenvalue weighted by molar-refractivity contribution is 14.1. The Morgan fingerprint density at radius 3 is 2.61 bits per heavy atom. The summed E-state index contributed by atoms with van der Waals surface area (Å²) in [5, 5.41) is 0.528. The Labute approximate surface area is 188 Å². The molecule has 2 rings (SSSR count). The molecule has 1 saturated heterocycles. The van der Waals surface area contributed by atoms with Crippen LogP contribution in [0.15, 0.2) is 29.2 Å². The van der Waals surface area contributed by atoms with E-state index in [1.54, 1.807) is 12.1 Å². The number of sulfonamides is 1. The van der Waals surface area contributed by atoms with Gasteiger partial charge in [0.05, 0.1) is 4.90 Å². The third-order valence-corrected chi connectivity index (χ3v) is 7.85. The second-order valence-electron chi connectivity index (χ2n) is 7.18. The van der Waals surface area contributed by atoms with Crippen LogP contribution in [-0.2, 0) is 19.5 Å². The summed E-state index contributed by atoms with van der Waals surface area (Å²) in [6.07, 6.45) is 8.53. The quantitative estimate of drug-likeness (QED) is 0.212. The minimum Gasteiger partial charge on any atom is -0.353 e. The van der Waals surface area contributed by atoms with E-state index in [1.165, 1.54) is 18.6 Å². The number of halogens is 2. The largest absolute Gasteiger partial charge is 0.353 e. The monoisotopic (exact) mass is 543 g/mol. The zero-order chi connectivity index (χ0) is 20.2. The van der Waals surface area contributed by atoms with Crippen LogP contribution in [0.25, 0.3) is 0 Å². The molecule has 1 heterocycles. The molecule has 5 nitrogen and oxygen atoms in total. The van der Waals surface area contributed by atoms with E-state index in [9.17, 15) is 8.42 Å². The van der Waals surface area contributed by atoms with E-state index >= 15 is 0 Å². The van der Waals surface area contributed by atoms with Crippen LogP contribution < -0.4 is 4.72 Å². The zero-order valence-electron chi connectivity index (χ0n) is 16.2. The normalized spacial score (nSPS) is 18.9. The van der Waals surface area contributed by atoms with Crippen molar-refractivity contribution in [1.82, 2.24) is 4.72 Å². The lowest BCUT2D eigenvalue weighted by atomic mass is 9.99. The van der Waals surface area contributed by atoms with Gasteiger partial charge in [-0.1, -0.05) is 40.6 Å². The number of hydrogen-bond donors (Lipinski definition) is 1. The Morgan fingerprint density at radius 2 is 1.93 bits per heavy atom. The average molecular weight is 544 g/mol. The summed E-state index contributed by atoms with van der Waals surface area (Å²) < 4.78 is 39.6. The van der Waals surface area contributed by atoms with Gasteiger partial charge in [-0.25, -0.2) is 13.1 Å². The summed E-state index contributed by atoms with van der Waals surface area (Å²) >= 11 is 8.25. The van der Waals surface area contributed by atoms with Crippen LogP contribution in [-0.4, -0.2) is 38.9 Å². The second-order valence-corrected chi connectivity index (χ2v) is 10.3. The van der Waals surface area contributed by atoms with Crippen LogP contribution in [0, 0.1) is 5.92 Å². The van der Waals surface area contributed by atoms with Gasteiger partial charge in [0.2, 0.25) is 10.0 Å². The molecular formula is C20H31ClINO4S. The highest BCUT2D eigenvalue weighted by Gasteiger charge is 2.15. The van der Waals surface area contributed by atoms with Crippen LogP contribution >= 0.6 is 34.2 Å². The summed E-state index contributed by atoms with van der Waals surface area (Å²) in [6.45, 7) is 2.04. The molecule has 0 saturated carbocycles. The topological polar surface area (TPSA) is 64.6 Å². The lowest BCUT2D eigenvalue weighted by molar-refractivity contribution is -0.163. The molecule has 1 fully saturated rings. The predicted octanol–water partition coefficient (Wildman–Crippen LogP) is 5.16. The molecule has 28 heavy (non-hydrogen) atoms. The third kappa shape index (κ3) is 9.26. The van der Waals surface area contributed by atoms with Crippen molar-refractivity contribution in [2.45, 2.75) is 62.6 Å². The van der Waals surface area contributed by atoms with Crippen molar-refractivity contribution in [3.63, 3.8) is 0 Å². The molecule has 160 valence electrons. The Morgan fingerprint density at radius 1 is 1.18 bits per heavy atom. The van der Waals surface area contributed by atoms with Gasteiger partial charge in [-0.2, -0.15) is 0 Å². The molecule has 0 amide bonds. The molecule has 8 heteroatoms. The van der Waals surface area contributed by atoms with Gasteiger partial charge in [-0.15, -0.1) is 0 Å². The molecule has 0 aliphatic carbocycles. The van der Waals surface area contributed by atoms with E-state index in [1.807, 2.05) is 0 Å². The number of rotatable bonds is 13. The van der Waals surface area contributed by atoms with Gasteiger partial charge in [-0.3, -0.25) is 0 Å². The van der Waals surface area contributed by atoms with E-state index in [2.05, 4.69) is 27.3 Å². The van der Waals surface area contributed by atoms with Crippen LogP contribution in [0.1, 0.15) is 51.4 Å². The molecule has 1 aromatic carbocycles. The van der Waals surface area contributed by atoms with Crippen molar-refractivity contribution >= 4 is 44.2 Å². The molecule has 0 radical (unpaired) electrons. The van der Waals surface area contributed by atoms with Crippen LogP contribution in [0.4, 0.5) is 0 Å². The maximum absolute atomic E-state index is 12.2. The fourth-order valence-corrected chi connectivity index (χ4v) is 5.27. The first-order valence-electron chi connectivity index (χ1n) is 10.1. The summed E-state index contributed by atoms with van der Waals surface area (Å²) in [5.74, 6) is 0.657. The van der Waals surface area contributed by atoms with E-state index in [-0.39, 0.29) is 11.2 Å². The Hall–Kier alpha value is 0.0700. The fraction of sp³-hybridized carbons (Fsp3) is 0.700. The number of ether oxygens (including phenoxy) is 2. The minimum absolute atomic E-state index is 0.000431. The SMILES string of the molecule is O=S(=O)(NCCCCC(CI)CCCOC1CCCCO1)c1ccc(Cl)cc1. The van der Waals surface area contributed by atoms with Crippen molar-refractivity contribution in [2.75, 3.05) is 24.2 Å². The predicted molar refractivity (Wildman–Crippen MR) is 122 cm³/mol. The molecule has 1 N–H and O–H groups in total. The van der Waals surface area contributed by atoms with Crippen molar-refractivity contribution in [3.8, 4) is 0 Å². The maximum Gasteiger partial charge on any atom is 0.240 e. The first-order valence-corrected chi connectivity index (χ1v) is 13.4. The lowest BCUT2D eigenvalue weighted by Gasteiger charge is -2.23. The number of benzene rings is 1. The number of hydrogen-bond acceptors (Lipinski definition) is 4. The first kappa shape index (κ1) is 24.3. The number of unbranched alkanes of at least 4 members (excludes halogenated alkanes) is 1. The Kier molecular flexibility index (Phi) is 11.6. The van der Waals surface area contributed by atoms with E-state index < -0.39 is 10.0 Å². The van der Waals surface area contributed by atoms with Crippen LogP contribution in [0.3, 0.4) is 0 Å². The van der Waals surface area contributed by atoms with Gasteiger partial charge < -0.3 is 9.47 Å². The molecular weight excluding hydrogens is 513 g/mol. The summed E-state index contributed by atoms with van der Waals surface area (Å²) in [4.78, 5) is 0.254. The van der Waals surface area contributed by atoms with E-state index in [0.29, 0.717) is 17.5 Å². The van der Waals surface area contributed by atoms with Crippen molar-refractivity contribution in [2.24, 2.45) is 5.92 Å². The van der Waals surface area contributed by atoms with E-state index in [4.69, 9.17) is 21.1 Å². The standard InChI is InChI=1S/C20H31ClINO4S/c21-18-9-11-19(12-10-18)28(24,25)23-13-3-1-6-17(16-22)7-5-15-27-20-8-2-4-14-26-20/h9-12,17,20,23H,1-8,13-16H2. The van der Waals surface area contributed by atoms with Crippen LogP contribution in [0.5, 0.6) is 0 Å². The maximum atomic E-state index is 12.2. The van der Waals surface area contributed by atoms with Crippen molar-refractivity contribution in [3.05, 3.63) is 29.3 Å². The summed E-state index contributed by atoms with van der Waals surface area (Å²) in [5.41, 5.74) is 0. The van der Waals surface area contributed by atoms with Crippen LogP contribution in [0.2, 0.25) is 5.02 Å². The molecule has 0 aromatic heterocycles. The Bertz CT molecular complexity index is 651. The summed E-state index contributed by atoms with van der Waals surface area (Å²) in [7, 11) is -3.45.